The van der Waals surface area contributed by atoms with Gasteiger partial charge in [-0.3, -0.25) is 14.4 Å². The molecule has 2 amide bonds. The topological polar surface area (TPSA) is 112 Å². The third-order valence-electron chi connectivity index (χ3n) is 5.68. The third kappa shape index (κ3) is 4.65. The van der Waals surface area contributed by atoms with Gasteiger partial charge in [0.15, 0.2) is 11.2 Å². The predicted octanol–water partition coefficient (Wildman–Crippen LogP) is 1.33. The Hall–Kier alpha value is -3.49. The highest BCUT2D eigenvalue weighted by Gasteiger charge is 2.30. The third-order valence-corrected chi connectivity index (χ3v) is 5.68. The molecule has 0 spiro atoms. The highest BCUT2D eigenvalue weighted by atomic mass is 16.2. The van der Waals surface area contributed by atoms with E-state index in [1.165, 1.54) is 10.1 Å². The van der Waals surface area contributed by atoms with Crippen molar-refractivity contribution in [2.24, 2.45) is 5.92 Å². The van der Waals surface area contributed by atoms with E-state index in [9.17, 15) is 14.4 Å². The second kappa shape index (κ2) is 9.11. The zero-order valence-corrected chi connectivity index (χ0v) is 17.5. The number of H-pyrrole nitrogens is 1. The Morgan fingerprint density at radius 1 is 1.19 bits per heavy atom. The van der Waals surface area contributed by atoms with Crippen LogP contribution in [0.5, 0.6) is 0 Å². The van der Waals surface area contributed by atoms with Crippen LogP contribution in [-0.4, -0.2) is 56.2 Å². The number of nitrogens with zero attached hydrogens (tertiary/aromatic N) is 4. The van der Waals surface area contributed by atoms with Gasteiger partial charge in [0.25, 0.3) is 11.5 Å². The molecule has 1 saturated heterocycles. The molecule has 1 aliphatic heterocycles. The van der Waals surface area contributed by atoms with Gasteiger partial charge in [-0.15, -0.1) is 5.10 Å². The molecule has 1 aliphatic rings. The van der Waals surface area contributed by atoms with Gasteiger partial charge >= 0.3 is 0 Å². The first-order chi connectivity index (χ1) is 15.0. The number of carbonyl (C=O) groups is 2. The second-order valence-corrected chi connectivity index (χ2v) is 7.94. The van der Waals surface area contributed by atoms with E-state index in [1.54, 1.807) is 18.0 Å². The summed E-state index contributed by atoms with van der Waals surface area (Å²) >= 11 is 0. The molecule has 2 N–H and O–H groups in total. The average Bonchev–Trinajstić information content (AvgIpc) is 3.21. The van der Waals surface area contributed by atoms with Gasteiger partial charge in [0.1, 0.15) is 0 Å². The Bertz CT molecular complexity index is 1130. The van der Waals surface area contributed by atoms with Crippen molar-refractivity contribution in [1.29, 1.82) is 0 Å². The monoisotopic (exact) mass is 422 g/mol. The van der Waals surface area contributed by atoms with Crippen molar-refractivity contribution in [3.63, 3.8) is 0 Å². The molecule has 0 unspecified atom stereocenters. The maximum absolute atomic E-state index is 12.9. The van der Waals surface area contributed by atoms with E-state index in [-0.39, 0.29) is 28.9 Å². The number of amides is 2. The lowest BCUT2D eigenvalue weighted by atomic mass is 9.95. The fourth-order valence-corrected chi connectivity index (χ4v) is 3.98. The van der Waals surface area contributed by atoms with E-state index in [2.05, 4.69) is 32.7 Å². The molecule has 4 rings (SSSR count). The number of aromatic nitrogens is 4. The minimum Gasteiger partial charge on any atom is -0.356 e. The number of aromatic amines is 1. The van der Waals surface area contributed by atoms with E-state index in [0.29, 0.717) is 38.2 Å². The minimum absolute atomic E-state index is 0.0428. The van der Waals surface area contributed by atoms with Gasteiger partial charge in [0, 0.05) is 31.2 Å². The molecular formula is C22H26N6O3. The van der Waals surface area contributed by atoms with Crippen molar-refractivity contribution >= 4 is 17.3 Å². The van der Waals surface area contributed by atoms with E-state index in [1.807, 2.05) is 18.2 Å². The number of aryl methyl sites for hydroxylation is 2. The molecule has 0 radical (unpaired) electrons. The molecule has 0 saturated carbocycles. The molecule has 31 heavy (non-hydrogen) atoms. The van der Waals surface area contributed by atoms with Crippen LogP contribution in [0.2, 0.25) is 0 Å². The maximum Gasteiger partial charge on any atom is 0.276 e. The van der Waals surface area contributed by atoms with Gasteiger partial charge in [0.05, 0.1) is 6.20 Å². The Labute approximate surface area is 179 Å². The van der Waals surface area contributed by atoms with Crippen molar-refractivity contribution in [3.8, 4) is 0 Å². The molecule has 3 aromatic rings. The van der Waals surface area contributed by atoms with Crippen molar-refractivity contribution < 1.29 is 9.59 Å². The molecule has 1 aromatic carbocycles. The Morgan fingerprint density at radius 2 is 1.94 bits per heavy atom. The Balaban J connectivity index is 1.28. The summed E-state index contributed by atoms with van der Waals surface area (Å²) < 4.78 is 1.33. The molecule has 1 fully saturated rings. The fraction of sp³-hybridized carbons (Fsp3) is 0.409. The summed E-state index contributed by atoms with van der Waals surface area (Å²) in [5.41, 5.74) is 1.70. The number of likely N-dealkylation sites (tertiary alicyclic amines) is 1. The van der Waals surface area contributed by atoms with Crippen LogP contribution in [0.25, 0.3) is 5.52 Å². The van der Waals surface area contributed by atoms with Gasteiger partial charge in [0.2, 0.25) is 5.91 Å². The first-order valence-corrected chi connectivity index (χ1v) is 10.6. The zero-order chi connectivity index (χ0) is 21.8. The number of hydrogen-bond donors (Lipinski definition) is 2. The van der Waals surface area contributed by atoms with Gasteiger partial charge in [-0.25, -0.2) is 4.52 Å². The summed E-state index contributed by atoms with van der Waals surface area (Å²) in [6.45, 7) is 3.27. The lowest BCUT2D eigenvalue weighted by Crippen LogP contribution is -2.43. The molecule has 9 heteroatoms. The van der Waals surface area contributed by atoms with E-state index < -0.39 is 5.56 Å². The minimum atomic E-state index is -0.391. The van der Waals surface area contributed by atoms with E-state index >= 15 is 0 Å². The van der Waals surface area contributed by atoms with Crippen molar-refractivity contribution in [3.05, 3.63) is 63.8 Å². The number of fused-ring (bicyclic) bond motifs is 1. The molecule has 2 aromatic heterocycles. The lowest BCUT2D eigenvalue weighted by molar-refractivity contribution is -0.126. The number of hydrogen-bond acceptors (Lipinski definition) is 5. The standard InChI is InChI=1S/C22H26N6O3/c1-15-14-28-19(21(30)24-15)18(25-26-28)22(31)27-12-9-17(10-13-27)20(29)23-11-5-8-16-6-3-2-4-7-16/h2-4,6-7,14,17H,5,8-13H2,1H3,(H,23,29)(H,24,30). The smallest absolute Gasteiger partial charge is 0.276 e. The van der Waals surface area contributed by atoms with Gasteiger partial charge in [-0.2, -0.15) is 0 Å². The molecule has 3 heterocycles. The first kappa shape index (κ1) is 20.8. The van der Waals surface area contributed by atoms with Gasteiger partial charge < -0.3 is 15.2 Å². The highest BCUT2D eigenvalue weighted by Crippen LogP contribution is 2.19. The van der Waals surface area contributed by atoms with Crippen molar-refractivity contribution in [2.75, 3.05) is 19.6 Å². The fourth-order valence-electron chi connectivity index (χ4n) is 3.98. The van der Waals surface area contributed by atoms with E-state index in [4.69, 9.17) is 0 Å². The molecule has 162 valence electrons. The Morgan fingerprint density at radius 3 is 2.68 bits per heavy atom. The molecule has 9 nitrogen and oxygen atoms in total. The summed E-state index contributed by atoms with van der Waals surface area (Å²) in [4.78, 5) is 41.9. The largest absolute Gasteiger partial charge is 0.356 e. The van der Waals surface area contributed by atoms with Crippen LogP contribution in [0.3, 0.4) is 0 Å². The summed E-state index contributed by atoms with van der Waals surface area (Å²) in [5.74, 6) is -0.393. The predicted molar refractivity (Wildman–Crippen MR) is 115 cm³/mol. The number of benzene rings is 1. The number of piperidine rings is 1. The molecule has 0 atom stereocenters. The number of carbonyl (C=O) groups excluding carboxylic acids is 2. The van der Waals surface area contributed by atoms with Crippen LogP contribution in [0, 0.1) is 12.8 Å². The zero-order valence-electron chi connectivity index (χ0n) is 17.5. The molecular weight excluding hydrogens is 396 g/mol. The summed E-state index contributed by atoms with van der Waals surface area (Å²) in [5, 5.41) is 10.8. The Kier molecular flexibility index (Phi) is 6.11. The SMILES string of the molecule is Cc1cn2nnc(C(=O)N3CCC(C(=O)NCCCc4ccccc4)CC3)c2c(=O)[nH]1. The quantitative estimate of drug-likeness (QED) is 0.582. The van der Waals surface area contributed by atoms with Crippen molar-refractivity contribution in [1.82, 2.24) is 30.0 Å². The van der Waals surface area contributed by atoms with Gasteiger partial charge in [-0.1, -0.05) is 35.5 Å². The maximum atomic E-state index is 12.9. The molecule has 0 bridgehead atoms. The van der Waals surface area contributed by atoms with Gasteiger partial charge in [-0.05, 0) is 38.2 Å². The number of rotatable bonds is 6. The highest BCUT2D eigenvalue weighted by molar-refractivity contribution is 5.98. The average molecular weight is 422 g/mol. The normalized spacial score (nSPS) is 14.7. The van der Waals surface area contributed by atoms with Crippen molar-refractivity contribution in [2.45, 2.75) is 32.6 Å². The lowest BCUT2D eigenvalue weighted by Gasteiger charge is -2.30. The van der Waals surface area contributed by atoms with Crippen LogP contribution in [0.1, 0.15) is 41.0 Å². The second-order valence-electron chi connectivity index (χ2n) is 7.94. The summed E-state index contributed by atoms with van der Waals surface area (Å²) in [6, 6.07) is 10.2. The molecule has 0 aliphatic carbocycles. The van der Waals surface area contributed by atoms with Crippen LogP contribution in [0.15, 0.2) is 41.3 Å². The van der Waals surface area contributed by atoms with Crippen LogP contribution < -0.4 is 10.9 Å². The summed E-state index contributed by atoms with van der Waals surface area (Å²) in [6.07, 6.45) is 4.62. The first-order valence-electron chi connectivity index (χ1n) is 10.6. The van der Waals surface area contributed by atoms with Crippen LogP contribution in [-0.2, 0) is 11.2 Å². The summed E-state index contributed by atoms with van der Waals surface area (Å²) in [7, 11) is 0. The van der Waals surface area contributed by atoms with Crippen LogP contribution >= 0.6 is 0 Å². The number of nitrogens with one attached hydrogen (secondary N) is 2. The van der Waals surface area contributed by atoms with Crippen LogP contribution in [0.4, 0.5) is 0 Å². The van der Waals surface area contributed by atoms with E-state index in [0.717, 1.165) is 12.8 Å².